The van der Waals surface area contributed by atoms with Crippen molar-refractivity contribution in [3.8, 4) is 0 Å². The van der Waals surface area contributed by atoms with Gasteiger partial charge in [0, 0.05) is 32.7 Å². The van der Waals surface area contributed by atoms with Crippen molar-refractivity contribution >= 4 is 23.4 Å². The van der Waals surface area contributed by atoms with Crippen LogP contribution in [-0.2, 0) is 11.8 Å². The Morgan fingerprint density at radius 2 is 1.67 bits per heavy atom. The van der Waals surface area contributed by atoms with Gasteiger partial charge in [-0.05, 0) is 59.3 Å². The summed E-state index contributed by atoms with van der Waals surface area (Å²) in [5, 5.41) is 24.2. The highest BCUT2D eigenvalue weighted by atomic mass is 16.4. The molecule has 0 saturated carbocycles. The Kier molecular flexibility index (Phi) is 9.10. The van der Waals surface area contributed by atoms with E-state index in [9.17, 15) is 9.90 Å². The van der Waals surface area contributed by atoms with Crippen molar-refractivity contribution < 1.29 is 15.0 Å². The van der Waals surface area contributed by atoms with E-state index in [1.54, 1.807) is 30.3 Å². The molecule has 3 aromatic carbocycles. The van der Waals surface area contributed by atoms with Crippen LogP contribution in [0, 0.1) is 0 Å². The molecule has 0 radical (unpaired) electrons. The van der Waals surface area contributed by atoms with Crippen molar-refractivity contribution in [1.29, 1.82) is 0 Å². The number of carboxylic acids is 1. The number of anilines is 2. The number of hydrogen-bond acceptors (Lipinski definition) is 5. The normalized spacial score (nSPS) is 15.5. The molecular weight excluding hydrogens is 486 g/mol. The lowest BCUT2D eigenvalue weighted by molar-refractivity contribution is 0.0697. The van der Waals surface area contributed by atoms with Gasteiger partial charge in [-0.25, -0.2) is 4.79 Å². The van der Waals surface area contributed by atoms with Crippen LogP contribution < -0.4 is 10.2 Å². The van der Waals surface area contributed by atoms with E-state index in [0.717, 1.165) is 61.6 Å². The van der Waals surface area contributed by atoms with Gasteiger partial charge >= 0.3 is 5.97 Å². The van der Waals surface area contributed by atoms with E-state index in [-0.39, 0.29) is 11.0 Å². The first kappa shape index (κ1) is 28.4. The second-order valence-electron chi connectivity index (χ2n) is 11.4. The summed E-state index contributed by atoms with van der Waals surface area (Å²) in [4.78, 5) is 15.9. The van der Waals surface area contributed by atoms with Gasteiger partial charge in [-0.1, -0.05) is 81.5 Å². The Balaban J connectivity index is 1.66. The van der Waals surface area contributed by atoms with Gasteiger partial charge in [0.1, 0.15) is 0 Å². The molecule has 0 aliphatic carbocycles. The third-order valence-electron chi connectivity index (χ3n) is 7.32. The van der Waals surface area contributed by atoms with E-state index in [2.05, 4.69) is 79.3 Å². The molecule has 1 heterocycles. The Bertz CT molecular complexity index is 1270. The van der Waals surface area contributed by atoms with Crippen LogP contribution in [0.1, 0.15) is 59.5 Å². The lowest BCUT2D eigenvalue weighted by Gasteiger charge is -2.37. The molecule has 1 fully saturated rings. The summed E-state index contributed by atoms with van der Waals surface area (Å²) in [6, 6.07) is 21.5. The predicted octanol–water partition coefficient (Wildman–Crippen LogP) is 5.84. The highest BCUT2D eigenvalue weighted by Gasteiger charge is 2.26. The molecule has 0 bridgehead atoms. The number of nitrogens with one attached hydrogen (secondary N) is 1. The number of carbonyl (C=O) groups is 1. The number of piperazine rings is 1. The highest BCUT2D eigenvalue weighted by molar-refractivity contribution is 5.87. The molecule has 0 aromatic heterocycles. The summed E-state index contributed by atoms with van der Waals surface area (Å²) < 4.78 is 0. The fourth-order valence-electron chi connectivity index (χ4n) is 4.92. The number of aromatic carboxylic acids is 1. The van der Waals surface area contributed by atoms with Crippen LogP contribution >= 0.6 is 0 Å². The number of likely N-dealkylation sites (N-methyl/N-ethyl adjacent to an activating group) is 1. The smallest absolute Gasteiger partial charge is 0.335 e. The number of benzene rings is 3. The zero-order valence-corrected chi connectivity index (χ0v) is 23.5. The van der Waals surface area contributed by atoms with Crippen molar-refractivity contribution in [2.45, 2.75) is 38.7 Å². The average Bonchev–Trinajstić information content (AvgIpc) is 2.92. The Morgan fingerprint density at radius 3 is 2.28 bits per heavy atom. The number of rotatable bonds is 9. The molecule has 3 N–H and O–H groups in total. The number of nitrogens with zero attached hydrogens (tertiary/aromatic N) is 2. The van der Waals surface area contributed by atoms with E-state index in [1.807, 2.05) is 12.1 Å². The minimum absolute atomic E-state index is 0.136. The molecule has 6 heteroatoms. The molecule has 206 valence electrons. The maximum Gasteiger partial charge on any atom is 0.335 e. The van der Waals surface area contributed by atoms with Crippen molar-refractivity contribution in [2.24, 2.45) is 0 Å². The molecule has 1 saturated heterocycles. The lowest BCUT2D eigenvalue weighted by atomic mass is 9.83. The fourth-order valence-corrected chi connectivity index (χ4v) is 4.92. The summed E-state index contributed by atoms with van der Waals surface area (Å²) >= 11 is 0. The number of carboxylic acid groups (broad SMARTS) is 1. The molecule has 6 nitrogen and oxygen atoms in total. The second kappa shape index (κ2) is 12.5. The molecular formula is C33H41N3O3. The van der Waals surface area contributed by atoms with Gasteiger partial charge in [0.25, 0.3) is 0 Å². The Hall–Kier alpha value is -3.61. The molecule has 1 aliphatic heterocycles. The molecule has 1 unspecified atom stereocenters. The third-order valence-corrected chi connectivity index (χ3v) is 7.32. The van der Waals surface area contributed by atoms with Crippen LogP contribution in [0.15, 0.2) is 72.8 Å². The topological polar surface area (TPSA) is 76.0 Å². The third kappa shape index (κ3) is 7.49. The van der Waals surface area contributed by atoms with E-state index < -0.39 is 12.1 Å². The largest absolute Gasteiger partial charge is 0.478 e. The molecule has 3 aromatic rings. The van der Waals surface area contributed by atoms with Gasteiger partial charge in [-0.3, -0.25) is 0 Å². The molecule has 1 aliphatic rings. The van der Waals surface area contributed by atoms with E-state index in [4.69, 9.17) is 5.11 Å². The standard InChI is InChI=1S/C33H41N3O3/c1-33(2,3)28-22-27(30(37)15-12-25-10-13-26(14-11-25)32(38)39)23-29(36-20-18-35(4)19-21-36)31(28)34-17-16-24-8-6-5-7-9-24/h5-15,22-23,30,34,37H,16-21H2,1-4H3,(H,38,39)/b15-12+. The molecule has 1 atom stereocenters. The van der Waals surface area contributed by atoms with Crippen LogP contribution in [0.2, 0.25) is 0 Å². The van der Waals surface area contributed by atoms with Crippen molar-refractivity contribution in [2.75, 3.05) is 50.0 Å². The van der Waals surface area contributed by atoms with Crippen molar-refractivity contribution in [1.82, 2.24) is 4.90 Å². The monoisotopic (exact) mass is 527 g/mol. The van der Waals surface area contributed by atoms with Crippen LogP contribution in [0.25, 0.3) is 6.08 Å². The Labute approximate surface area is 232 Å². The van der Waals surface area contributed by atoms with Crippen LogP contribution in [0.4, 0.5) is 11.4 Å². The van der Waals surface area contributed by atoms with Crippen molar-refractivity contribution in [3.05, 3.63) is 101 Å². The lowest BCUT2D eigenvalue weighted by Crippen LogP contribution is -2.45. The average molecular weight is 528 g/mol. The van der Waals surface area contributed by atoms with Crippen molar-refractivity contribution in [3.63, 3.8) is 0 Å². The van der Waals surface area contributed by atoms with Crippen LogP contribution in [0.5, 0.6) is 0 Å². The second-order valence-corrected chi connectivity index (χ2v) is 11.4. The van der Waals surface area contributed by atoms with E-state index in [0.29, 0.717) is 0 Å². The number of hydrogen-bond donors (Lipinski definition) is 3. The first-order valence-corrected chi connectivity index (χ1v) is 13.7. The van der Waals surface area contributed by atoms with Gasteiger partial charge in [0.2, 0.25) is 0 Å². The zero-order valence-electron chi connectivity index (χ0n) is 23.5. The fraction of sp³-hybridized carbons (Fsp3) is 0.364. The molecule has 39 heavy (non-hydrogen) atoms. The van der Waals surface area contributed by atoms with Gasteiger partial charge in [-0.2, -0.15) is 0 Å². The number of aliphatic hydroxyl groups is 1. The molecule has 4 rings (SSSR count). The summed E-state index contributed by atoms with van der Waals surface area (Å²) in [7, 11) is 2.16. The minimum Gasteiger partial charge on any atom is -0.478 e. The van der Waals surface area contributed by atoms with E-state index in [1.165, 1.54) is 11.1 Å². The summed E-state index contributed by atoms with van der Waals surface area (Å²) in [6.07, 6.45) is 3.75. The number of aliphatic hydroxyl groups excluding tert-OH is 1. The maximum absolute atomic E-state index is 11.3. The van der Waals surface area contributed by atoms with E-state index >= 15 is 0 Å². The molecule has 0 spiro atoms. The summed E-state index contributed by atoms with van der Waals surface area (Å²) in [5.41, 5.74) is 6.56. The predicted molar refractivity (Wildman–Crippen MR) is 161 cm³/mol. The van der Waals surface area contributed by atoms with Gasteiger partial charge in [0.15, 0.2) is 0 Å². The van der Waals surface area contributed by atoms with Gasteiger partial charge < -0.3 is 25.3 Å². The summed E-state index contributed by atoms with van der Waals surface area (Å²) in [5.74, 6) is -0.950. The molecule has 0 amide bonds. The van der Waals surface area contributed by atoms with Crippen LogP contribution in [0.3, 0.4) is 0 Å². The summed E-state index contributed by atoms with van der Waals surface area (Å²) in [6.45, 7) is 11.3. The quantitative estimate of drug-likeness (QED) is 0.325. The maximum atomic E-state index is 11.3. The highest BCUT2D eigenvalue weighted by Crippen LogP contribution is 2.40. The first-order chi connectivity index (χ1) is 18.6. The van der Waals surface area contributed by atoms with Crippen LogP contribution in [-0.4, -0.2) is 60.9 Å². The zero-order chi connectivity index (χ0) is 28.0. The first-order valence-electron chi connectivity index (χ1n) is 13.7. The SMILES string of the molecule is CN1CCN(c2cc(C(O)/C=C/c3ccc(C(=O)O)cc3)cc(C(C)(C)C)c2NCCc2ccccc2)CC1. The van der Waals surface area contributed by atoms with Gasteiger partial charge in [-0.15, -0.1) is 0 Å². The van der Waals surface area contributed by atoms with Gasteiger partial charge in [0.05, 0.1) is 23.0 Å². The minimum atomic E-state index is -0.950. The Morgan fingerprint density at radius 1 is 1.00 bits per heavy atom.